The molecular weight excluding hydrogens is 566 g/mol. The van der Waals surface area contributed by atoms with E-state index in [1.54, 1.807) is 24.3 Å². The van der Waals surface area contributed by atoms with Crippen LogP contribution in [0.15, 0.2) is 71.6 Å². The van der Waals surface area contributed by atoms with E-state index in [-0.39, 0.29) is 4.91 Å². The highest BCUT2D eigenvalue weighted by Crippen LogP contribution is 2.39. The van der Waals surface area contributed by atoms with E-state index in [0.29, 0.717) is 60.7 Å². The second-order valence-corrected chi connectivity index (χ2v) is 10.6. The molecule has 9 nitrogen and oxygen atoms in total. The number of imide groups is 1. The molecule has 2 aliphatic heterocycles. The van der Waals surface area contributed by atoms with Crippen molar-refractivity contribution in [2.45, 2.75) is 6.61 Å². The van der Waals surface area contributed by atoms with Crippen molar-refractivity contribution in [3.05, 3.63) is 87.8 Å². The highest BCUT2D eigenvalue weighted by molar-refractivity contribution is 8.18. The van der Waals surface area contributed by atoms with E-state index in [0.717, 1.165) is 27.9 Å². The van der Waals surface area contributed by atoms with Gasteiger partial charge in [-0.2, -0.15) is 0 Å². The van der Waals surface area contributed by atoms with Crippen LogP contribution in [0.1, 0.15) is 11.1 Å². The summed E-state index contributed by atoms with van der Waals surface area (Å²) >= 11 is 7.27. The van der Waals surface area contributed by atoms with Crippen molar-refractivity contribution >= 4 is 57.9 Å². The largest absolute Gasteiger partial charge is 0.493 e. The Morgan fingerprint density at radius 2 is 1.80 bits per heavy atom. The molecule has 11 heteroatoms. The van der Waals surface area contributed by atoms with Crippen molar-refractivity contribution < 1.29 is 28.6 Å². The van der Waals surface area contributed by atoms with Crippen molar-refractivity contribution in [2.24, 2.45) is 0 Å². The maximum atomic E-state index is 13.1. The number of rotatable bonds is 9. The van der Waals surface area contributed by atoms with Gasteiger partial charge in [0, 0.05) is 13.1 Å². The third kappa shape index (κ3) is 6.84. The molecule has 0 unspecified atom stereocenters. The van der Waals surface area contributed by atoms with E-state index in [9.17, 15) is 14.4 Å². The van der Waals surface area contributed by atoms with Gasteiger partial charge in [0.15, 0.2) is 11.5 Å². The van der Waals surface area contributed by atoms with Crippen molar-refractivity contribution in [3.63, 3.8) is 0 Å². The first-order chi connectivity index (χ1) is 19.9. The maximum Gasteiger partial charge on any atom is 0.294 e. The zero-order chi connectivity index (χ0) is 28.8. The van der Waals surface area contributed by atoms with Crippen LogP contribution in [0.4, 0.5) is 16.2 Å². The van der Waals surface area contributed by atoms with E-state index >= 15 is 0 Å². The van der Waals surface area contributed by atoms with Crippen molar-refractivity contribution in [1.29, 1.82) is 0 Å². The number of anilines is 2. The number of nitrogens with one attached hydrogen (secondary N) is 1. The number of methoxy groups -OCH3 is 1. The molecular formula is C30H28ClN3O6S. The quantitative estimate of drug-likeness (QED) is 0.328. The number of benzene rings is 3. The zero-order valence-corrected chi connectivity index (χ0v) is 23.9. The smallest absolute Gasteiger partial charge is 0.294 e. The number of amides is 3. The summed E-state index contributed by atoms with van der Waals surface area (Å²) in [4.78, 5) is 42.0. The summed E-state index contributed by atoms with van der Waals surface area (Å²) in [7, 11) is 1.49. The number of morpholine rings is 1. The summed E-state index contributed by atoms with van der Waals surface area (Å²) < 4.78 is 16.8. The molecule has 5 rings (SSSR count). The number of hydrogen-bond acceptors (Lipinski definition) is 8. The van der Waals surface area contributed by atoms with E-state index in [2.05, 4.69) is 10.2 Å². The Kier molecular flexibility index (Phi) is 9.13. The lowest BCUT2D eigenvalue weighted by atomic mass is 10.1. The molecule has 0 radical (unpaired) electrons. The lowest BCUT2D eigenvalue weighted by molar-refractivity contribution is -0.127. The van der Waals surface area contributed by atoms with Gasteiger partial charge in [0.2, 0.25) is 5.91 Å². The normalized spacial score (nSPS) is 16.3. The maximum absolute atomic E-state index is 13.1. The van der Waals surface area contributed by atoms with Crippen LogP contribution >= 0.6 is 23.4 Å². The predicted octanol–water partition coefficient (Wildman–Crippen LogP) is 5.44. The van der Waals surface area contributed by atoms with Crippen LogP contribution in [0.25, 0.3) is 6.08 Å². The van der Waals surface area contributed by atoms with Crippen LogP contribution in [-0.2, 0) is 20.9 Å². The van der Waals surface area contributed by atoms with E-state index in [1.807, 2.05) is 48.5 Å². The minimum absolute atomic E-state index is 0.174. The van der Waals surface area contributed by atoms with Crippen LogP contribution < -0.4 is 19.7 Å². The molecule has 0 aromatic heterocycles. The van der Waals surface area contributed by atoms with Gasteiger partial charge >= 0.3 is 0 Å². The average Bonchev–Trinajstić information content (AvgIpc) is 3.24. The fourth-order valence-corrected chi connectivity index (χ4v) is 5.59. The first-order valence-electron chi connectivity index (χ1n) is 12.9. The molecule has 2 aliphatic rings. The molecule has 212 valence electrons. The second kappa shape index (κ2) is 13.1. The Bertz CT molecular complexity index is 1480. The van der Waals surface area contributed by atoms with Gasteiger partial charge in [-0.05, 0) is 53.2 Å². The third-order valence-electron chi connectivity index (χ3n) is 6.48. The summed E-state index contributed by atoms with van der Waals surface area (Å²) in [6.07, 6.45) is 1.55. The molecule has 2 heterocycles. The van der Waals surface area contributed by atoms with Crippen LogP contribution in [0, 0.1) is 0 Å². The molecule has 41 heavy (non-hydrogen) atoms. The van der Waals surface area contributed by atoms with Gasteiger partial charge in [0.25, 0.3) is 11.1 Å². The SMILES string of the molecule is COc1cc(/C=C2\SC(=O)N(CC(=O)Nc3ccccc3N3CCOCC3)C2=O)cc(Cl)c1OCc1ccccc1. The summed E-state index contributed by atoms with van der Waals surface area (Å²) in [5.41, 5.74) is 2.99. The van der Waals surface area contributed by atoms with Crippen LogP contribution in [0.2, 0.25) is 5.02 Å². The molecule has 0 aliphatic carbocycles. The number of carbonyl (C=O) groups excluding carboxylic acids is 3. The average molecular weight is 594 g/mol. The molecule has 0 bridgehead atoms. The van der Waals surface area contributed by atoms with Gasteiger partial charge < -0.3 is 24.4 Å². The fraction of sp³-hybridized carbons (Fsp3) is 0.233. The molecule has 1 N–H and O–H groups in total. The molecule has 0 spiro atoms. The van der Waals surface area contributed by atoms with E-state index in [1.165, 1.54) is 7.11 Å². The topological polar surface area (TPSA) is 97.4 Å². The first kappa shape index (κ1) is 28.5. The van der Waals surface area contributed by atoms with Crippen LogP contribution in [-0.4, -0.2) is 61.9 Å². The Morgan fingerprint density at radius 3 is 2.56 bits per heavy atom. The molecule has 3 amide bonds. The highest BCUT2D eigenvalue weighted by atomic mass is 35.5. The Balaban J connectivity index is 1.27. The number of halogens is 1. The van der Waals surface area contributed by atoms with Gasteiger partial charge in [-0.25, -0.2) is 0 Å². The highest BCUT2D eigenvalue weighted by Gasteiger charge is 2.36. The molecule has 2 saturated heterocycles. The summed E-state index contributed by atoms with van der Waals surface area (Å²) in [5.74, 6) is -0.274. The number of carbonyl (C=O) groups is 3. The minimum Gasteiger partial charge on any atom is -0.493 e. The van der Waals surface area contributed by atoms with Gasteiger partial charge in [0.05, 0.1) is 41.6 Å². The summed E-state index contributed by atoms with van der Waals surface area (Å²) in [6, 6.07) is 20.4. The van der Waals surface area contributed by atoms with Crippen LogP contribution in [0.3, 0.4) is 0 Å². The Labute approximate surface area is 247 Å². The van der Waals surface area contributed by atoms with Gasteiger partial charge in [-0.1, -0.05) is 54.1 Å². The standard InChI is InChI=1S/C30H28ClN3O6S/c1-38-25-16-21(15-22(31)28(25)40-19-20-7-3-2-4-8-20)17-26-29(36)34(30(37)41-26)18-27(35)32-23-9-5-6-10-24(23)33-11-13-39-14-12-33/h2-10,15-17H,11-14,18-19H2,1H3,(H,32,35)/b26-17-. The molecule has 0 atom stereocenters. The van der Waals surface area contributed by atoms with E-state index < -0.39 is 23.6 Å². The molecule has 3 aromatic rings. The minimum atomic E-state index is -0.559. The Hall–Kier alpha value is -3.99. The number of para-hydroxylation sites is 2. The number of thioether (sulfide) groups is 1. The third-order valence-corrected chi connectivity index (χ3v) is 7.67. The van der Waals surface area contributed by atoms with Crippen LogP contribution in [0.5, 0.6) is 11.5 Å². The van der Waals surface area contributed by atoms with Crippen molar-refractivity contribution in [3.8, 4) is 11.5 Å². The fourth-order valence-electron chi connectivity index (χ4n) is 4.47. The lowest BCUT2D eigenvalue weighted by Gasteiger charge is -2.30. The number of ether oxygens (including phenoxy) is 3. The number of hydrogen-bond donors (Lipinski definition) is 1. The molecule has 2 fully saturated rings. The monoisotopic (exact) mass is 593 g/mol. The van der Waals surface area contributed by atoms with Gasteiger partial charge in [-0.15, -0.1) is 0 Å². The Morgan fingerprint density at radius 1 is 1.07 bits per heavy atom. The molecule has 0 saturated carbocycles. The first-order valence-corrected chi connectivity index (χ1v) is 14.1. The van der Waals surface area contributed by atoms with E-state index in [4.69, 9.17) is 25.8 Å². The number of nitrogens with zero attached hydrogens (tertiary/aromatic N) is 2. The zero-order valence-electron chi connectivity index (χ0n) is 22.3. The van der Waals surface area contributed by atoms with Gasteiger partial charge in [0.1, 0.15) is 13.2 Å². The lowest BCUT2D eigenvalue weighted by Crippen LogP contribution is -2.38. The molecule has 3 aromatic carbocycles. The summed E-state index contributed by atoms with van der Waals surface area (Å²) in [6.45, 7) is 2.51. The summed E-state index contributed by atoms with van der Waals surface area (Å²) in [5, 5.41) is 2.62. The van der Waals surface area contributed by atoms with Gasteiger partial charge in [-0.3, -0.25) is 19.3 Å². The van der Waals surface area contributed by atoms with Crippen molar-refractivity contribution in [1.82, 2.24) is 4.90 Å². The predicted molar refractivity (Wildman–Crippen MR) is 160 cm³/mol. The van der Waals surface area contributed by atoms with Crippen molar-refractivity contribution in [2.75, 3.05) is 50.2 Å². The second-order valence-electron chi connectivity index (χ2n) is 9.24.